The van der Waals surface area contributed by atoms with Crippen molar-refractivity contribution in [3.8, 4) is 5.69 Å². The number of rotatable bonds is 4. The number of halogens is 3. The molecular weight excluding hydrogens is 396 g/mol. The van der Waals surface area contributed by atoms with Gasteiger partial charge in [-0.25, -0.2) is 4.39 Å². The highest BCUT2D eigenvalue weighted by Gasteiger charge is 2.20. The fraction of sp³-hybridized carbons (Fsp3) is 0.273. The topological polar surface area (TPSA) is 11.4 Å². The molecule has 0 bridgehead atoms. The minimum Gasteiger partial charge on any atom is -0.355 e. The van der Waals surface area contributed by atoms with Gasteiger partial charge in [0.1, 0.15) is 11.6 Å². The SMILES string of the molecule is CN1CCN(c2cc(Cc3ccc(F)cc3)cn2-c2ccc(Cl)cc2Cl)CC1. The minimum atomic E-state index is -0.215. The monoisotopic (exact) mass is 417 g/mol. The Morgan fingerprint density at radius 3 is 2.29 bits per heavy atom. The maximum absolute atomic E-state index is 13.2. The Balaban J connectivity index is 1.71. The molecule has 146 valence electrons. The van der Waals surface area contributed by atoms with Gasteiger partial charge in [-0.3, -0.25) is 0 Å². The van der Waals surface area contributed by atoms with Crippen molar-refractivity contribution in [1.82, 2.24) is 9.47 Å². The molecule has 28 heavy (non-hydrogen) atoms. The number of likely N-dealkylation sites (N-methyl/N-ethyl adjacent to an activating group) is 1. The number of anilines is 1. The first-order valence-corrected chi connectivity index (χ1v) is 10.1. The molecule has 0 aliphatic carbocycles. The van der Waals surface area contributed by atoms with Crippen LogP contribution < -0.4 is 4.90 Å². The smallest absolute Gasteiger partial charge is 0.123 e. The molecule has 3 aromatic rings. The quantitative estimate of drug-likeness (QED) is 0.572. The van der Waals surface area contributed by atoms with Gasteiger partial charge in [-0.15, -0.1) is 0 Å². The molecule has 2 heterocycles. The molecule has 0 saturated carbocycles. The largest absolute Gasteiger partial charge is 0.355 e. The van der Waals surface area contributed by atoms with Gasteiger partial charge in [0.15, 0.2) is 0 Å². The molecule has 4 rings (SSSR count). The molecule has 0 atom stereocenters. The van der Waals surface area contributed by atoms with Crippen LogP contribution in [0.5, 0.6) is 0 Å². The normalized spacial score (nSPS) is 15.2. The molecule has 2 aromatic carbocycles. The van der Waals surface area contributed by atoms with Crippen molar-refractivity contribution >= 4 is 29.0 Å². The zero-order chi connectivity index (χ0) is 19.7. The molecule has 1 aliphatic heterocycles. The summed E-state index contributed by atoms with van der Waals surface area (Å²) < 4.78 is 15.4. The maximum Gasteiger partial charge on any atom is 0.123 e. The first-order chi connectivity index (χ1) is 13.5. The van der Waals surface area contributed by atoms with Gasteiger partial charge in [0, 0.05) is 37.4 Å². The number of piperazine rings is 1. The van der Waals surface area contributed by atoms with Crippen molar-refractivity contribution in [3.05, 3.63) is 81.7 Å². The zero-order valence-electron chi connectivity index (χ0n) is 15.7. The first-order valence-electron chi connectivity index (χ1n) is 9.34. The van der Waals surface area contributed by atoms with E-state index in [1.807, 2.05) is 24.3 Å². The molecule has 3 nitrogen and oxygen atoms in total. The summed E-state index contributed by atoms with van der Waals surface area (Å²) in [4.78, 5) is 4.72. The lowest BCUT2D eigenvalue weighted by atomic mass is 10.1. The Hall–Kier alpha value is -2.01. The van der Waals surface area contributed by atoms with E-state index in [0.29, 0.717) is 10.0 Å². The predicted octanol–water partition coefficient (Wildman–Crippen LogP) is 5.27. The Bertz CT molecular complexity index is 960. The lowest BCUT2D eigenvalue weighted by Crippen LogP contribution is -2.45. The molecule has 1 aliphatic rings. The van der Waals surface area contributed by atoms with Crippen LogP contribution in [0.1, 0.15) is 11.1 Å². The highest BCUT2D eigenvalue weighted by Crippen LogP contribution is 2.31. The number of aromatic nitrogens is 1. The second-order valence-corrected chi connectivity index (χ2v) is 8.11. The van der Waals surface area contributed by atoms with Crippen LogP contribution in [0.3, 0.4) is 0 Å². The summed E-state index contributed by atoms with van der Waals surface area (Å²) in [6, 6.07) is 14.5. The Morgan fingerprint density at radius 2 is 1.61 bits per heavy atom. The Labute approximate surface area is 174 Å². The molecule has 1 fully saturated rings. The van der Waals surface area contributed by atoms with Crippen LogP contribution in [0.4, 0.5) is 10.2 Å². The van der Waals surface area contributed by atoms with E-state index in [-0.39, 0.29) is 5.82 Å². The fourth-order valence-corrected chi connectivity index (χ4v) is 4.09. The van der Waals surface area contributed by atoms with E-state index in [0.717, 1.165) is 55.2 Å². The Kier molecular flexibility index (Phi) is 5.63. The van der Waals surface area contributed by atoms with Crippen molar-refractivity contribution in [3.63, 3.8) is 0 Å². The lowest BCUT2D eigenvalue weighted by molar-refractivity contribution is 0.311. The molecule has 0 spiro atoms. The van der Waals surface area contributed by atoms with E-state index in [2.05, 4.69) is 33.7 Å². The summed E-state index contributed by atoms with van der Waals surface area (Å²) in [7, 11) is 2.15. The van der Waals surface area contributed by atoms with Gasteiger partial charge in [0.25, 0.3) is 0 Å². The summed E-state index contributed by atoms with van der Waals surface area (Å²) in [5.74, 6) is 0.904. The standard InChI is InChI=1S/C22H22Cl2FN3/c1-26-8-10-27(11-9-26)22-13-17(12-16-2-5-19(25)6-3-16)15-28(22)21-7-4-18(23)14-20(21)24/h2-7,13-15H,8-12H2,1H3. The third kappa shape index (κ3) is 4.19. The van der Waals surface area contributed by atoms with E-state index in [1.54, 1.807) is 6.07 Å². The summed E-state index contributed by atoms with van der Waals surface area (Å²) in [6.07, 6.45) is 2.85. The number of hydrogen-bond donors (Lipinski definition) is 0. The fourth-order valence-electron chi connectivity index (χ4n) is 3.59. The summed E-state index contributed by atoms with van der Waals surface area (Å²) >= 11 is 12.6. The predicted molar refractivity (Wildman–Crippen MR) is 115 cm³/mol. The van der Waals surface area contributed by atoms with Gasteiger partial charge >= 0.3 is 0 Å². The second kappa shape index (κ2) is 8.16. The molecule has 1 saturated heterocycles. The van der Waals surface area contributed by atoms with E-state index < -0.39 is 0 Å². The molecular formula is C22H22Cl2FN3. The van der Waals surface area contributed by atoms with Gasteiger partial charge in [-0.1, -0.05) is 35.3 Å². The van der Waals surface area contributed by atoms with E-state index >= 15 is 0 Å². The highest BCUT2D eigenvalue weighted by molar-refractivity contribution is 6.35. The highest BCUT2D eigenvalue weighted by atomic mass is 35.5. The van der Waals surface area contributed by atoms with Gasteiger partial charge in [-0.2, -0.15) is 0 Å². The maximum atomic E-state index is 13.2. The van der Waals surface area contributed by atoms with Crippen LogP contribution in [0.25, 0.3) is 5.69 Å². The van der Waals surface area contributed by atoms with E-state index in [1.165, 1.54) is 12.1 Å². The molecule has 1 aromatic heterocycles. The van der Waals surface area contributed by atoms with Crippen LogP contribution >= 0.6 is 23.2 Å². The number of benzene rings is 2. The van der Waals surface area contributed by atoms with Gasteiger partial charge < -0.3 is 14.4 Å². The molecule has 0 unspecified atom stereocenters. The van der Waals surface area contributed by atoms with Gasteiger partial charge in [0.2, 0.25) is 0 Å². The van der Waals surface area contributed by atoms with Crippen LogP contribution in [-0.2, 0) is 6.42 Å². The van der Waals surface area contributed by atoms with E-state index in [9.17, 15) is 4.39 Å². The summed E-state index contributed by atoms with van der Waals surface area (Å²) in [5, 5.41) is 1.24. The third-order valence-electron chi connectivity index (χ3n) is 5.17. The van der Waals surface area contributed by atoms with Crippen molar-refractivity contribution in [1.29, 1.82) is 0 Å². The van der Waals surface area contributed by atoms with Crippen LogP contribution in [0.15, 0.2) is 54.7 Å². The number of hydrogen-bond acceptors (Lipinski definition) is 2. The Morgan fingerprint density at radius 1 is 0.893 bits per heavy atom. The summed E-state index contributed by atoms with van der Waals surface area (Å²) in [6.45, 7) is 3.96. The number of nitrogens with zero attached hydrogens (tertiary/aromatic N) is 3. The van der Waals surface area contributed by atoms with Crippen LogP contribution in [0.2, 0.25) is 10.0 Å². The van der Waals surface area contributed by atoms with Crippen molar-refractivity contribution in [2.75, 3.05) is 38.1 Å². The summed E-state index contributed by atoms with van der Waals surface area (Å²) in [5.41, 5.74) is 3.14. The van der Waals surface area contributed by atoms with Crippen molar-refractivity contribution in [2.45, 2.75) is 6.42 Å². The molecule has 0 N–H and O–H groups in total. The van der Waals surface area contributed by atoms with Crippen molar-refractivity contribution in [2.24, 2.45) is 0 Å². The molecule has 0 radical (unpaired) electrons. The van der Waals surface area contributed by atoms with Gasteiger partial charge in [-0.05, 0) is 61.0 Å². The van der Waals surface area contributed by atoms with E-state index in [4.69, 9.17) is 23.2 Å². The van der Waals surface area contributed by atoms with Crippen molar-refractivity contribution < 1.29 is 4.39 Å². The van der Waals surface area contributed by atoms with Gasteiger partial charge in [0.05, 0.1) is 10.7 Å². The van der Waals surface area contributed by atoms with Crippen LogP contribution in [0, 0.1) is 5.82 Å². The minimum absolute atomic E-state index is 0.215. The zero-order valence-corrected chi connectivity index (χ0v) is 17.2. The average molecular weight is 418 g/mol. The molecule has 6 heteroatoms. The first kappa shape index (κ1) is 19.3. The third-order valence-corrected chi connectivity index (χ3v) is 5.71. The second-order valence-electron chi connectivity index (χ2n) is 7.27. The molecule has 0 amide bonds. The lowest BCUT2D eigenvalue weighted by Gasteiger charge is -2.34. The van der Waals surface area contributed by atoms with Crippen LogP contribution in [-0.4, -0.2) is 42.7 Å². The average Bonchev–Trinajstić information content (AvgIpc) is 3.07.